The first-order valence-corrected chi connectivity index (χ1v) is 18.1. The number of aromatic nitrogens is 5. The molecule has 2 aromatic carbocycles. The second-order valence-electron chi connectivity index (χ2n) is 13.7. The predicted octanol–water partition coefficient (Wildman–Crippen LogP) is 2.94. The van der Waals surface area contributed by atoms with Crippen molar-refractivity contribution in [1.29, 1.82) is 0 Å². The van der Waals surface area contributed by atoms with E-state index >= 15 is 0 Å². The number of pyridine rings is 1. The third kappa shape index (κ3) is 8.82. The van der Waals surface area contributed by atoms with Crippen molar-refractivity contribution in [3.05, 3.63) is 96.1 Å². The summed E-state index contributed by atoms with van der Waals surface area (Å²) in [5.41, 5.74) is 3.64. The number of aromatic hydroxyl groups is 2. The number of benzene rings is 2. The van der Waals surface area contributed by atoms with E-state index in [1.165, 1.54) is 0 Å². The number of hydrogen-bond donors (Lipinski definition) is 8. The highest BCUT2D eigenvalue weighted by Gasteiger charge is 2.44. The van der Waals surface area contributed by atoms with E-state index in [2.05, 4.69) is 31.2 Å². The van der Waals surface area contributed by atoms with Gasteiger partial charge in [-0.25, -0.2) is 9.78 Å². The fourth-order valence-electron chi connectivity index (χ4n) is 7.17. The molecule has 0 bridgehead atoms. The van der Waals surface area contributed by atoms with Crippen LogP contribution in [-0.2, 0) is 11.3 Å². The van der Waals surface area contributed by atoms with Crippen molar-refractivity contribution in [3.63, 3.8) is 0 Å². The van der Waals surface area contributed by atoms with Crippen LogP contribution in [0.2, 0.25) is 0 Å². The molecule has 5 atom stereocenters. The minimum Gasteiger partial charge on any atom is -0.508 e. The first-order chi connectivity index (χ1) is 26.2. The lowest BCUT2D eigenvalue weighted by atomic mass is 9.91. The molecule has 3 amide bonds. The minimum absolute atomic E-state index is 0. The molecule has 0 spiro atoms. The molecule has 4 heterocycles. The van der Waals surface area contributed by atoms with E-state index in [-0.39, 0.29) is 60.6 Å². The number of aliphatic hydroxyl groups excluding tert-OH is 2. The summed E-state index contributed by atoms with van der Waals surface area (Å²) < 4.78 is 1.73. The lowest BCUT2D eigenvalue weighted by Crippen LogP contribution is -2.43. The standard InChI is InChI=1S/C38H44N10O6.ClH/c1-2-31(51)44-29-17-30(34(53)33(29)52)48-21-42-32-35(40-19-28(23-3-7-26(49)8-4-23)24-5-9-27(50)10-6-24)45-37(46-36(32)48)47-16-13-25(20-47)43-38(54)41-18-22-11-14-39-15-12-22;/h3-12,14-15,21,25,28-30,33-34,49-50,52-53H,2,13,16-20H2,1H3,(H,44,51)(H,40,45,46)(H2,41,43,54);1H/t25?,29-,30+,33+,34-;/m0./s1. The van der Waals surface area contributed by atoms with Crippen molar-refractivity contribution < 1.29 is 30.0 Å². The Labute approximate surface area is 323 Å². The fraction of sp³-hybridized carbons (Fsp3) is 0.368. The summed E-state index contributed by atoms with van der Waals surface area (Å²) in [4.78, 5) is 45.5. The maximum Gasteiger partial charge on any atom is 0.315 e. The van der Waals surface area contributed by atoms with Gasteiger partial charge in [0.2, 0.25) is 11.9 Å². The number of hydrogen-bond acceptors (Lipinski definition) is 12. The number of carbonyl (C=O) groups is 2. The van der Waals surface area contributed by atoms with Crippen molar-refractivity contribution in [2.45, 2.75) is 69.0 Å². The zero-order valence-corrected chi connectivity index (χ0v) is 30.9. The van der Waals surface area contributed by atoms with Crippen LogP contribution in [0.4, 0.5) is 16.6 Å². The molecular formula is C38H45ClN10O6. The smallest absolute Gasteiger partial charge is 0.315 e. The third-order valence-corrected chi connectivity index (χ3v) is 10.2. The second kappa shape index (κ2) is 17.2. The van der Waals surface area contributed by atoms with Gasteiger partial charge in [-0.1, -0.05) is 31.2 Å². The number of nitrogens with one attached hydrogen (secondary N) is 4. The van der Waals surface area contributed by atoms with Crippen LogP contribution in [0.25, 0.3) is 11.2 Å². The van der Waals surface area contributed by atoms with Crippen molar-refractivity contribution in [2.75, 3.05) is 29.9 Å². The van der Waals surface area contributed by atoms with Gasteiger partial charge in [-0.3, -0.25) is 9.78 Å². The van der Waals surface area contributed by atoms with E-state index in [9.17, 15) is 30.0 Å². The lowest BCUT2D eigenvalue weighted by Gasteiger charge is -2.22. The van der Waals surface area contributed by atoms with Crippen molar-refractivity contribution >= 4 is 47.3 Å². The van der Waals surface area contributed by atoms with Gasteiger partial charge >= 0.3 is 6.03 Å². The third-order valence-electron chi connectivity index (χ3n) is 10.2. The van der Waals surface area contributed by atoms with Crippen molar-refractivity contribution in [1.82, 2.24) is 40.5 Å². The zero-order chi connectivity index (χ0) is 37.8. The largest absolute Gasteiger partial charge is 0.508 e. The monoisotopic (exact) mass is 772 g/mol. The molecule has 7 rings (SSSR count). The SMILES string of the molecule is CCC(=O)N[C@H]1C[C@@H](n2cnc3c(NCC(c4ccc(O)cc4)c4ccc(O)cc4)nc(N4CCC(NC(=O)NCc5ccncc5)C4)nc32)[C@H](O)[C@@H]1O.Cl. The van der Waals surface area contributed by atoms with Crippen LogP contribution in [-0.4, -0.2) is 101 Å². The van der Waals surface area contributed by atoms with Crippen LogP contribution in [0.1, 0.15) is 54.8 Å². The Bertz CT molecular complexity index is 2030. The van der Waals surface area contributed by atoms with E-state index in [0.717, 1.165) is 16.7 Å². The molecule has 5 aromatic rings. The van der Waals surface area contributed by atoms with Crippen LogP contribution >= 0.6 is 12.4 Å². The molecule has 8 N–H and O–H groups in total. The quantitative estimate of drug-likeness (QED) is 0.0917. The number of carbonyl (C=O) groups excluding carboxylic acids is 2. The number of amides is 3. The number of nitrogens with zero attached hydrogens (tertiary/aromatic N) is 6. The Balaban J connectivity index is 0.00000514. The summed E-state index contributed by atoms with van der Waals surface area (Å²) in [5, 5.41) is 54.3. The maximum absolute atomic E-state index is 12.8. The number of aliphatic hydroxyl groups is 2. The lowest BCUT2D eigenvalue weighted by molar-refractivity contribution is -0.122. The van der Waals surface area contributed by atoms with Crippen molar-refractivity contribution in [3.8, 4) is 11.5 Å². The number of rotatable bonds is 12. The molecule has 1 aliphatic carbocycles. The van der Waals surface area contributed by atoms with Gasteiger partial charge in [0.15, 0.2) is 17.0 Å². The molecule has 0 radical (unpaired) electrons. The molecule has 2 aliphatic rings. The van der Waals surface area contributed by atoms with Crippen LogP contribution < -0.4 is 26.2 Å². The minimum atomic E-state index is -1.20. The molecule has 1 saturated heterocycles. The number of fused-ring (bicyclic) bond motifs is 1. The highest BCUT2D eigenvalue weighted by Crippen LogP contribution is 2.36. The summed E-state index contributed by atoms with van der Waals surface area (Å²) in [6.45, 7) is 3.45. The summed E-state index contributed by atoms with van der Waals surface area (Å²) in [6, 6.07) is 15.8. The number of urea groups is 1. The molecule has 16 nitrogen and oxygen atoms in total. The molecule has 2 fully saturated rings. The van der Waals surface area contributed by atoms with E-state index in [1.54, 1.807) is 54.5 Å². The first-order valence-electron chi connectivity index (χ1n) is 18.1. The summed E-state index contributed by atoms with van der Waals surface area (Å²) in [5.74, 6) is 0.670. The number of phenols is 2. The molecule has 1 unspecified atom stereocenters. The van der Waals surface area contributed by atoms with Gasteiger partial charge in [0.05, 0.1) is 18.4 Å². The molecule has 55 heavy (non-hydrogen) atoms. The Morgan fingerprint density at radius 2 is 1.58 bits per heavy atom. The highest BCUT2D eigenvalue weighted by atomic mass is 35.5. The predicted molar refractivity (Wildman–Crippen MR) is 207 cm³/mol. The summed E-state index contributed by atoms with van der Waals surface area (Å²) in [7, 11) is 0. The summed E-state index contributed by atoms with van der Waals surface area (Å²) in [6.07, 6.45) is 3.70. The van der Waals surface area contributed by atoms with Gasteiger partial charge < -0.3 is 51.2 Å². The maximum atomic E-state index is 12.8. The van der Waals surface area contributed by atoms with Crippen LogP contribution in [0.5, 0.6) is 11.5 Å². The molecule has 3 aromatic heterocycles. The molecule has 17 heteroatoms. The number of anilines is 2. The van der Waals surface area contributed by atoms with Crippen LogP contribution in [0.15, 0.2) is 79.4 Å². The highest BCUT2D eigenvalue weighted by molar-refractivity contribution is 5.85. The average molecular weight is 773 g/mol. The molecule has 1 aliphatic heterocycles. The van der Waals surface area contributed by atoms with E-state index < -0.39 is 24.3 Å². The van der Waals surface area contributed by atoms with Crippen LogP contribution in [0, 0.1) is 0 Å². The summed E-state index contributed by atoms with van der Waals surface area (Å²) >= 11 is 0. The Hall–Kier alpha value is -5.71. The Morgan fingerprint density at radius 3 is 2.24 bits per heavy atom. The zero-order valence-electron chi connectivity index (χ0n) is 30.1. The fourth-order valence-corrected chi connectivity index (χ4v) is 7.17. The number of halogens is 1. The van der Waals surface area contributed by atoms with Gasteiger partial charge in [-0.15, -0.1) is 12.4 Å². The van der Waals surface area contributed by atoms with E-state index in [4.69, 9.17) is 9.97 Å². The molecule has 290 valence electrons. The van der Waals surface area contributed by atoms with Gasteiger partial charge in [0.25, 0.3) is 0 Å². The first kappa shape index (κ1) is 39.0. The number of phenolic OH excluding ortho intramolecular Hbond substituents is 2. The van der Waals surface area contributed by atoms with E-state index in [0.29, 0.717) is 55.5 Å². The normalized spacial score (nSPS) is 20.7. The average Bonchev–Trinajstić information content (AvgIpc) is 3.90. The van der Waals surface area contributed by atoms with Gasteiger partial charge in [0.1, 0.15) is 23.7 Å². The topological polar surface area (TPSA) is 223 Å². The van der Waals surface area contributed by atoms with Gasteiger partial charge in [-0.2, -0.15) is 9.97 Å². The Morgan fingerprint density at radius 1 is 0.909 bits per heavy atom. The van der Waals surface area contributed by atoms with Crippen molar-refractivity contribution in [2.24, 2.45) is 0 Å². The molecular weight excluding hydrogens is 728 g/mol. The van der Waals surface area contributed by atoms with Gasteiger partial charge in [0, 0.05) is 57.0 Å². The molecule has 1 saturated carbocycles. The Kier molecular flexibility index (Phi) is 12.2. The second-order valence-corrected chi connectivity index (χ2v) is 13.7. The van der Waals surface area contributed by atoms with Gasteiger partial charge in [-0.05, 0) is 65.9 Å². The van der Waals surface area contributed by atoms with Crippen LogP contribution in [0.3, 0.4) is 0 Å². The van der Waals surface area contributed by atoms with E-state index in [1.807, 2.05) is 41.3 Å². The number of imidazole rings is 1.